The molecule has 3 aliphatic heterocycles. The summed E-state index contributed by atoms with van der Waals surface area (Å²) in [6, 6.07) is 0.263. The van der Waals surface area contributed by atoms with Gasteiger partial charge in [-0.1, -0.05) is 6.42 Å². The second kappa shape index (κ2) is 6.78. The van der Waals surface area contributed by atoms with Gasteiger partial charge in [0.2, 0.25) is 11.6 Å². The minimum atomic E-state index is -2.29. The molecule has 0 spiro atoms. The summed E-state index contributed by atoms with van der Waals surface area (Å²) in [7, 11) is 0. The number of hydrogen-bond acceptors (Lipinski definition) is 4. The highest BCUT2D eigenvalue weighted by Crippen LogP contribution is 2.33. The van der Waals surface area contributed by atoms with Crippen LogP contribution < -0.4 is 10.6 Å². The van der Waals surface area contributed by atoms with Crippen LogP contribution in [0.25, 0.3) is 0 Å². The van der Waals surface area contributed by atoms with E-state index in [1.54, 1.807) is 0 Å². The van der Waals surface area contributed by atoms with Gasteiger partial charge in [0.1, 0.15) is 0 Å². The lowest BCUT2D eigenvalue weighted by atomic mass is 10.0. The molecular formula is C15H22FN3O4S. The summed E-state index contributed by atoms with van der Waals surface area (Å²) >= 11 is 1.84. The summed E-state index contributed by atoms with van der Waals surface area (Å²) in [5.74, 6) is -0.754. The molecule has 9 heteroatoms. The number of urea groups is 1. The third-order valence-corrected chi connectivity index (χ3v) is 6.53. The number of carbonyl (C=O) groups excluding carboxylic acids is 2. The van der Waals surface area contributed by atoms with Gasteiger partial charge in [-0.05, 0) is 12.8 Å². The van der Waals surface area contributed by atoms with Crippen LogP contribution in [0.1, 0.15) is 32.1 Å². The van der Waals surface area contributed by atoms with Crippen LogP contribution in [0.5, 0.6) is 0 Å². The number of halogens is 1. The maximum absolute atomic E-state index is 14.0. The SMILES string of the molecule is O=C1N[C@H]2[C@H](CS[C@H]2CCCCC(=O)N2CCC(F)(C(=O)O)C2)N1. The van der Waals surface area contributed by atoms with Crippen molar-refractivity contribution < 1.29 is 23.9 Å². The van der Waals surface area contributed by atoms with Crippen molar-refractivity contribution in [2.45, 2.75) is 55.1 Å². The number of alkyl halides is 1. The summed E-state index contributed by atoms with van der Waals surface area (Å²) in [5.41, 5.74) is -2.29. The molecule has 0 aromatic heterocycles. The predicted octanol–water partition coefficient (Wildman–Crippen LogP) is 0.737. The Kier molecular flexibility index (Phi) is 4.89. The first kappa shape index (κ1) is 17.3. The van der Waals surface area contributed by atoms with E-state index in [4.69, 9.17) is 5.11 Å². The molecule has 0 aliphatic carbocycles. The van der Waals surface area contributed by atoms with Gasteiger partial charge >= 0.3 is 12.0 Å². The molecule has 134 valence electrons. The van der Waals surface area contributed by atoms with Crippen molar-refractivity contribution in [3.8, 4) is 0 Å². The van der Waals surface area contributed by atoms with Crippen LogP contribution in [0.2, 0.25) is 0 Å². The Labute approximate surface area is 143 Å². The number of fused-ring (bicyclic) bond motifs is 1. The zero-order valence-corrected chi connectivity index (χ0v) is 14.1. The highest BCUT2D eigenvalue weighted by atomic mass is 32.2. The number of aliphatic carboxylic acids is 1. The Morgan fingerprint density at radius 3 is 2.88 bits per heavy atom. The highest BCUT2D eigenvalue weighted by Gasteiger charge is 2.46. The number of carbonyl (C=O) groups is 3. The molecule has 0 bridgehead atoms. The summed E-state index contributed by atoms with van der Waals surface area (Å²) in [4.78, 5) is 35.6. The number of rotatable bonds is 6. The summed E-state index contributed by atoms with van der Waals surface area (Å²) < 4.78 is 14.0. The molecule has 3 amide bonds. The van der Waals surface area contributed by atoms with Gasteiger partial charge in [0.15, 0.2) is 0 Å². The molecule has 7 nitrogen and oxygen atoms in total. The second-order valence-electron chi connectivity index (χ2n) is 6.70. The van der Waals surface area contributed by atoms with Gasteiger partial charge in [-0.3, -0.25) is 4.79 Å². The molecule has 3 rings (SSSR count). The number of hydrogen-bond donors (Lipinski definition) is 3. The van der Waals surface area contributed by atoms with E-state index in [1.807, 2.05) is 11.8 Å². The average molecular weight is 359 g/mol. The van der Waals surface area contributed by atoms with Crippen molar-refractivity contribution in [3.05, 3.63) is 0 Å². The molecule has 3 fully saturated rings. The lowest BCUT2D eigenvalue weighted by Gasteiger charge is -2.18. The van der Waals surface area contributed by atoms with Gasteiger partial charge in [-0.15, -0.1) is 0 Å². The van der Waals surface area contributed by atoms with Crippen molar-refractivity contribution in [2.75, 3.05) is 18.8 Å². The number of thioether (sulfide) groups is 1. The largest absolute Gasteiger partial charge is 0.479 e. The summed E-state index contributed by atoms with van der Waals surface area (Å²) in [5, 5.41) is 15.0. The third-order valence-electron chi connectivity index (χ3n) is 5.02. The number of carboxylic acid groups (broad SMARTS) is 1. The van der Waals surface area contributed by atoms with Crippen molar-refractivity contribution in [1.29, 1.82) is 0 Å². The minimum absolute atomic E-state index is 0.104. The first-order valence-corrected chi connectivity index (χ1v) is 9.33. The van der Waals surface area contributed by atoms with Gasteiger partial charge in [0, 0.05) is 30.4 Å². The fourth-order valence-corrected chi connectivity index (χ4v) is 5.13. The molecule has 24 heavy (non-hydrogen) atoms. The van der Waals surface area contributed by atoms with Crippen LogP contribution in [0.3, 0.4) is 0 Å². The number of nitrogens with zero attached hydrogens (tertiary/aromatic N) is 1. The summed E-state index contributed by atoms with van der Waals surface area (Å²) in [6.07, 6.45) is 2.64. The Morgan fingerprint density at radius 1 is 1.38 bits per heavy atom. The van der Waals surface area contributed by atoms with Gasteiger partial charge < -0.3 is 20.6 Å². The van der Waals surface area contributed by atoms with Crippen molar-refractivity contribution >= 4 is 29.7 Å². The van der Waals surface area contributed by atoms with Gasteiger partial charge in [0.05, 0.1) is 18.6 Å². The van der Waals surface area contributed by atoms with Crippen LogP contribution in [-0.2, 0) is 9.59 Å². The van der Waals surface area contributed by atoms with Crippen molar-refractivity contribution in [1.82, 2.24) is 15.5 Å². The Bertz CT molecular complexity index is 549. The maximum atomic E-state index is 14.0. The smallest absolute Gasteiger partial charge is 0.343 e. The first-order chi connectivity index (χ1) is 11.4. The number of unbranched alkanes of at least 4 members (excludes halogenated alkanes) is 1. The average Bonchev–Trinajstić information content (AvgIpc) is 3.19. The molecule has 1 unspecified atom stereocenters. The van der Waals surface area contributed by atoms with E-state index in [-0.39, 0.29) is 43.5 Å². The Morgan fingerprint density at radius 2 is 2.17 bits per heavy atom. The number of likely N-dealkylation sites (tertiary alicyclic amines) is 1. The van der Waals surface area contributed by atoms with Gasteiger partial charge in [-0.25, -0.2) is 14.0 Å². The molecule has 3 N–H and O–H groups in total. The standard InChI is InChI=1S/C15H22FN3O4S/c16-15(13(21)22)5-6-19(8-15)11(20)4-2-1-3-10-12-9(7-24-10)17-14(23)18-12/h9-10,12H,1-8H2,(H,21,22)(H2,17,18,23)/t9-,10-,12-,15?/m0/s1. The van der Waals surface area contributed by atoms with Crippen LogP contribution >= 0.6 is 11.8 Å². The zero-order valence-electron chi connectivity index (χ0n) is 13.3. The molecule has 4 atom stereocenters. The van der Waals surface area contributed by atoms with Gasteiger partial charge in [0.25, 0.3) is 0 Å². The maximum Gasteiger partial charge on any atom is 0.343 e. The van der Waals surface area contributed by atoms with Crippen LogP contribution in [-0.4, -0.2) is 69.8 Å². The quantitative estimate of drug-likeness (QED) is 0.480. The van der Waals surface area contributed by atoms with Crippen LogP contribution in [0.4, 0.5) is 9.18 Å². The molecular weight excluding hydrogens is 337 g/mol. The van der Waals surface area contributed by atoms with E-state index in [0.29, 0.717) is 18.1 Å². The number of amides is 3. The zero-order chi connectivity index (χ0) is 17.3. The van der Waals surface area contributed by atoms with E-state index in [2.05, 4.69) is 10.6 Å². The van der Waals surface area contributed by atoms with Crippen molar-refractivity contribution in [2.24, 2.45) is 0 Å². The van der Waals surface area contributed by atoms with Crippen LogP contribution in [0, 0.1) is 0 Å². The third kappa shape index (κ3) is 3.45. The minimum Gasteiger partial charge on any atom is -0.479 e. The van der Waals surface area contributed by atoms with E-state index in [1.165, 1.54) is 4.90 Å². The molecule has 3 saturated heterocycles. The van der Waals surface area contributed by atoms with E-state index < -0.39 is 11.6 Å². The Hall–Kier alpha value is -1.51. The second-order valence-corrected chi connectivity index (χ2v) is 7.98. The van der Waals surface area contributed by atoms with E-state index in [0.717, 1.165) is 18.6 Å². The fourth-order valence-electron chi connectivity index (χ4n) is 3.58. The molecule has 3 aliphatic rings. The van der Waals surface area contributed by atoms with E-state index in [9.17, 15) is 18.8 Å². The predicted molar refractivity (Wildman–Crippen MR) is 86.6 cm³/mol. The van der Waals surface area contributed by atoms with E-state index >= 15 is 0 Å². The summed E-state index contributed by atoms with van der Waals surface area (Å²) in [6.45, 7) is -0.178. The first-order valence-electron chi connectivity index (χ1n) is 8.28. The number of nitrogens with one attached hydrogen (secondary N) is 2. The molecule has 0 radical (unpaired) electrons. The molecule has 0 aromatic carbocycles. The topological polar surface area (TPSA) is 98.7 Å². The fraction of sp³-hybridized carbons (Fsp3) is 0.800. The van der Waals surface area contributed by atoms with Gasteiger partial charge in [-0.2, -0.15) is 11.8 Å². The monoisotopic (exact) mass is 359 g/mol. The molecule has 0 aromatic rings. The lowest BCUT2D eigenvalue weighted by Crippen LogP contribution is -2.38. The number of carboxylic acids is 1. The Balaban J connectivity index is 1.36. The normalized spacial score (nSPS) is 34.8. The molecule has 3 heterocycles. The lowest BCUT2D eigenvalue weighted by molar-refractivity contribution is -0.150. The van der Waals surface area contributed by atoms with Crippen LogP contribution in [0.15, 0.2) is 0 Å². The highest BCUT2D eigenvalue weighted by molar-refractivity contribution is 8.00. The molecule has 0 saturated carbocycles. The van der Waals surface area contributed by atoms with Crippen molar-refractivity contribution in [3.63, 3.8) is 0 Å².